The minimum absolute atomic E-state index is 0.0845. The van der Waals surface area contributed by atoms with Gasteiger partial charge in [0.2, 0.25) is 5.91 Å². The third kappa shape index (κ3) is 2.95. The predicted molar refractivity (Wildman–Crippen MR) is 60.5 cm³/mol. The lowest BCUT2D eigenvalue weighted by Crippen LogP contribution is -2.25. The Bertz CT molecular complexity index is 435. The minimum Gasteiger partial charge on any atom is -0.477 e. The van der Waals surface area contributed by atoms with Gasteiger partial charge in [0.15, 0.2) is 0 Å². The van der Waals surface area contributed by atoms with E-state index >= 15 is 0 Å². The van der Waals surface area contributed by atoms with Gasteiger partial charge in [-0.25, -0.2) is 4.79 Å². The summed E-state index contributed by atoms with van der Waals surface area (Å²) < 4.78 is 0. The Hall–Kier alpha value is -2.10. The summed E-state index contributed by atoms with van der Waals surface area (Å²) in [4.78, 5) is 21.9. The number of hydrogen-bond donors (Lipinski definition) is 2. The van der Waals surface area contributed by atoms with Crippen molar-refractivity contribution in [2.75, 3.05) is 0 Å². The molecule has 0 spiro atoms. The summed E-state index contributed by atoms with van der Waals surface area (Å²) in [5.74, 6) is -1.54. The lowest BCUT2D eigenvalue weighted by Gasteiger charge is -2.08. The third-order valence-electron chi connectivity index (χ3n) is 2.10. The van der Waals surface area contributed by atoms with Crippen molar-refractivity contribution < 1.29 is 14.7 Å². The Morgan fingerprint density at radius 3 is 2.12 bits per heavy atom. The van der Waals surface area contributed by atoms with Gasteiger partial charge in [0.05, 0.1) is 0 Å². The molecule has 4 nitrogen and oxygen atoms in total. The van der Waals surface area contributed by atoms with Gasteiger partial charge >= 0.3 is 5.97 Å². The summed E-state index contributed by atoms with van der Waals surface area (Å²) in [7, 11) is 0. The second kappa shape index (κ2) is 5.11. The monoisotopic (exact) mass is 219 g/mol. The first kappa shape index (κ1) is 12.0. The molecule has 0 fully saturated rings. The molecule has 0 saturated heterocycles. The van der Waals surface area contributed by atoms with Crippen molar-refractivity contribution in [3.8, 4) is 0 Å². The topological polar surface area (TPSA) is 66.4 Å². The molecule has 84 valence electrons. The van der Waals surface area contributed by atoms with Crippen LogP contribution in [0.1, 0.15) is 19.4 Å². The molecule has 0 aliphatic carbocycles. The normalized spacial score (nSPS) is 11.6. The molecular weight excluding hydrogens is 206 g/mol. The molecule has 16 heavy (non-hydrogen) atoms. The van der Waals surface area contributed by atoms with Crippen molar-refractivity contribution in [2.45, 2.75) is 13.8 Å². The summed E-state index contributed by atoms with van der Waals surface area (Å²) in [6.07, 6.45) is 0. The average molecular weight is 219 g/mol. The number of nitrogens with one attached hydrogen (secondary N) is 1. The smallest absolute Gasteiger partial charge is 0.352 e. The van der Waals surface area contributed by atoms with Gasteiger partial charge in [0.25, 0.3) is 0 Å². The number of carboxylic acids is 1. The van der Waals surface area contributed by atoms with Crippen LogP contribution in [0.5, 0.6) is 0 Å². The number of carbonyl (C=O) groups is 2. The molecule has 1 amide bonds. The maximum atomic E-state index is 11.0. The Labute approximate surface area is 93.6 Å². The SMILES string of the molecule is CC(=O)NC(C(=O)O)=C(C)c1ccccc1. The molecule has 0 atom stereocenters. The zero-order chi connectivity index (χ0) is 12.1. The molecule has 0 unspecified atom stereocenters. The van der Waals surface area contributed by atoms with Crippen LogP contribution in [0.4, 0.5) is 0 Å². The Morgan fingerprint density at radius 1 is 1.12 bits per heavy atom. The van der Waals surface area contributed by atoms with E-state index in [1.54, 1.807) is 19.1 Å². The van der Waals surface area contributed by atoms with E-state index in [-0.39, 0.29) is 5.70 Å². The number of benzene rings is 1. The van der Waals surface area contributed by atoms with Gasteiger partial charge < -0.3 is 10.4 Å². The van der Waals surface area contributed by atoms with E-state index in [0.29, 0.717) is 5.57 Å². The Morgan fingerprint density at radius 2 is 1.69 bits per heavy atom. The number of hydrogen-bond acceptors (Lipinski definition) is 2. The number of carbonyl (C=O) groups excluding carboxylic acids is 1. The summed E-state index contributed by atoms with van der Waals surface area (Å²) in [6, 6.07) is 9.05. The maximum absolute atomic E-state index is 11.0. The molecule has 1 rings (SSSR count). The molecule has 0 heterocycles. The highest BCUT2D eigenvalue weighted by Gasteiger charge is 2.13. The van der Waals surface area contributed by atoms with Crippen molar-refractivity contribution >= 4 is 17.4 Å². The van der Waals surface area contributed by atoms with Crippen LogP contribution in [0.25, 0.3) is 5.57 Å². The fourth-order valence-electron chi connectivity index (χ4n) is 1.32. The maximum Gasteiger partial charge on any atom is 0.352 e. The summed E-state index contributed by atoms with van der Waals surface area (Å²) in [5.41, 5.74) is 1.22. The van der Waals surface area contributed by atoms with Crippen molar-refractivity contribution in [3.63, 3.8) is 0 Å². The van der Waals surface area contributed by atoms with Crippen LogP contribution in [0, 0.1) is 0 Å². The van der Waals surface area contributed by atoms with Gasteiger partial charge in [-0.2, -0.15) is 0 Å². The fourth-order valence-corrected chi connectivity index (χ4v) is 1.32. The molecule has 1 aromatic rings. The molecule has 0 saturated carbocycles. The first-order valence-electron chi connectivity index (χ1n) is 4.79. The van der Waals surface area contributed by atoms with Gasteiger partial charge in [0.1, 0.15) is 5.70 Å². The minimum atomic E-state index is -1.14. The van der Waals surface area contributed by atoms with Crippen LogP contribution in [-0.4, -0.2) is 17.0 Å². The second-order valence-electron chi connectivity index (χ2n) is 3.35. The van der Waals surface area contributed by atoms with E-state index in [9.17, 15) is 9.59 Å². The first-order valence-corrected chi connectivity index (χ1v) is 4.79. The van der Waals surface area contributed by atoms with Crippen LogP contribution in [0.3, 0.4) is 0 Å². The predicted octanol–water partition coefficient (Wildman–Crippen LogP) is 1.64. The van der Waals surface area contributed by atoms with E-state index in [4.69, 9.17) is 5.11 Å². The van der Waals surface area contributed by atoms with Gasteiger partial charge in [-0.3, -0.25) is 4.79 Å². The zero-order valence-corrected chi connectivity index (χ0v) is 9.15. The number of carboxylic acid groups (broad SMARTS) is 1. The van der Waals surface area contributed by atoms with E-state index in [0.717, 1.165) is 5.56 Å². The largest absolute Gasteiger partial charge is 0.477 e. The van der Waals surface area contributed by atoms with Crippen molar-refractivity contribution in [2.24, 2.45) is 0 Å². The summed E-state index contributed by atoms with van der Waals surface area (Å²) in [6.45, 7) is 2.94. The average Bonchev–Trinajstić information content (AvgIpc) is 2.25. The highest BCUT2D eigenvalue weighted by atomic mass is 16.4. The van der Waals surface area contributed by atoms with Gasteiger partial charge in [-0.1, -0.05) is 30.3 Å². The number of rotatable bonds is 3. The van der Waals surface area contributed by atoms with Crippen molar-refractivity contribution in [1.29, 1.82) is 0 Å². The molecule has 0 radical (unpaired) electrons. The standard InChI is InChI=1S/C12H13NO3/c1-8(10-6-4-3-5-7-10)11(12(15)16)13-9(2)14/h3-7H,1-2H3,(H,13,14)(H,15,16). The summed E-state index contributed by atoms with van der Waals surface area (Å²) in [5, 5.41) is 11.3. The van der Waals surface area contributed by atoms with Crippen molar-refractivity contribution in [1.82, 2.24) is 5.32 Å². The van der Waals surface area contributed by atoms with Crippen LogP contribution in [-0.2, 0) is 9.59 Å². The van der Waals surface area contributed by atoms with Gasteiger partial charge in [0, 0.05) is 6.92 Å². The highest BCUT2D eigenvalue weighted by Crippen LogP contribution is 2.16. The highest BCUT2D eigenvalue weighted by molar-refractivity contribution is 5.99. The molecule has 0 aromatic heterocycles. The first-order chi connectivity index (χ1) is 7.52. The Kier molecular flexibility index (Phi) is 3.83. The van der Waals surface area contributed by atoms with Crippen LogP contribution < -0.4 is 5.32 Å². The lowest BCUT2D eigenvalue weighted by atomic mass is 10.1. The molecule has 0 aliphatic heterocycles. The molecule has 4 heteroatoms. The Balaban J connectivity index is 3.16. The van der Waals surface area contributed by atoms with Crippen molar-refractivity contribution in [3.05, 3.63) is 41.6 Å². The van der Waals surface area contributed by atoms with Gasteiger partial charge in [-0.05, 0) is 18.1 Å². The van der Waals surface area contributed by atoms with Crippen LogP contribution in [0.2, 0.25) is 0 Å². The van der Waals surface area contributed by atoms with E-state index < -0.39 is 11.9 Å². The van der Waals surface area contributed by atoms with E-state index in [1.807, 2.05) is 18.2 Å². The summed E-state index contributed by atoms with van der Waals surface area (Å²) >= 11 is 0. The second-order valence-corrected chi connectivity index (χ2v) is 3.35. The molecule has 2 N–H and O–H groups in total. The van der Waals surface area contributed by atoms with Gasteiger partial charge in [-0.15, -0.1) is 0 Å². The molecule has 1 aromatic carbocycles. The molecular formula is C12H13NO3. The zero-order valence-electron chi connectivity index (χ0n) is 9.15. The van der Waals surface area contributed by atoms with E-state index in [1.165, 1.54) is 6.92 Å². The number of amides is 1. The van der Waals surface area contributed by atoms with E-state index in [2.05, 4.69) is 5.32 Å². The van der Waals surface area contributed by atoms with Crippen LogP contribution >= 0.6 is 0 Å². The third-order valence-corrected chi connectivity index (χ3v) is 2.10. The molecule has 0 aliphatic rings. The van der Waals surface area contributed by atoms with Crippen LogP contribution in [0.15, 0.2) is 36.0 Å². The fraction of sp³-hybridized carbons (Fsp3) is 0.167. The number of allylic oxidation sites excluding steroid dienone is 1. The lowest BCUT2D eigenvalue weighted by molar-refractivity contribution is -0.134. The quantitative estimate of drug-likeness (QED) is 0.759. The number of aliphatic carboxylic acids is 1. The molecule has 0 bridgehead atoms.